The number of nitrogens with one attached hydrogen (secondary N) is 2. The fourth-order valence-electron chi connectivity index (χ4n) is 3.81. The molecule has 1 fully saturated rings. The van der Waals surface area contributed by atoms with Gasteiger partial charge in [-0.3, -0.25) is 4.90 Å². The van der Waals surface area contributed by atoms with Crippen LogP contribution in [0.15, 0.2) is 30.9 Å². The molecule has 0 saturated carbocycles. The molecule has 9 heteroatoms. The summed E-state index contributed by atoms with van der Waals surface area (Å²) in [6.07, 6.45) is 2.88. The number of halogens is 2. The summed E-state index contributed by atoms with van der Waals surface area (Å²) in [6.45, 7) is 5.34. The van der Waals surface area contributed by atoms with Gasteiger partial charge in [0.2, 0.25) is 0 Å². The number of rotatable bonds is 5. The van der Waals surface area contributed by atoms with Gasteiger partial charge in [0.15, 0.2) is 11.5 Å². The summed E-state index contributed by atoms with van der Waals surface area (Å²) in [5, 5.41) is 3.22. The van der Waals surface area contributed by atoms with Crippen LogP contribution in [0.5, 0.6) is 0 Å². The van der Waals surface area contributed by atoms with Gasteiger partial charge in [0.1, 0.15) is 23.5 Å². The fourth-order valence-corrected chi connectivity index (χ4v) is 3.81. The van der Waals surface area contributed by atoms with E-state index in [1.807, 2.05) is 13.8 Å². The Morgan fingerprint density at radius 1 is 1.18 bits per heavy atom. The summed E-state index contributed by atoms with van der Waals surface area (Å²) in [5.74, 6) is -0.584. The van der Waals surface area contributed by atoms with Crippen LogP contribution in [0.2, 0.25) is 0 Å². The Labute approximate surface area is 161 Å². The molecule has 0 bridgehead atoms. The molecule has 1 aromatic carbocycles. The molecule has 1 saturated heterocycles. The molecule has 148 valence electrons. The van der Waals surface area contributed by atoms with Crippen molar-refractivity contribution in [2.75, 3.05) is 25.0 Å². The third kappa shape index (κ3) is 3.67. The van der Waals surface area contributed by atoms with Gasteiger partial charge in [-0.05, 0) is 26.0 Å². The molecule has 0 aliphatic carbocycles. The summed E-state index contributed by atoms with van der Waals surface area (Å²) in [7, 11) is 0. The zero-order chi connectivity index (χ0) is 19.7. The molecule has 3 aromatic rings. The smallest absolute Gasteiger partial charge is 0.182 e. The molecule has 28 heavy (non-hydrogen) atoms. The van der Waals surface area contributed by atoms with Crippen molar-refractivity contribution in [2.24, 2.45) is 0 Å². The summed E-state index contributed by atoms with van der Waals surface area (Å²) >= 11 is 0. The number of aromatic nitrogens is 4. The number of hydrogen-bond acceptors (Lipinski definition) is 6. The number of hydrogen-bond donors (Lipinski definition) is 2. The molecule has 3 unspecified atom stereocenters. The van der Waals surface area contributed by atoms with Gasteiger partial charge in [0, 0.05) is 25.2 Å². The van der Waals surface area contributed by atoms with E-state index in [2.05, 4.69) is 30.2 Å². The van der Waals surface area contributed by atoms with Crippen LogP contribution in [-0.4, -0.2) is 56.7 Å². The van der Waals surface area contributed by atoms with Crippen LogP contribution in [0, 0.1) is 11.6 Å². The standard InChI is InChI=1S/C19H22F2N6O/c1-11-7-27(8-12(2)28-11)15(16-13(20)4-3-5-14(16)21)6-22-18-17-19(24-9-23-17)26-10-25-18/h3-5,9-12,15H,6-8H2,1-2H3,(H2,22,23,24,25,26). The fraction of sp³-hybridized carbons (Fsp3) is 0.421. The van der Waals surface area contributed by atoms with Crippen molar-refractivity contribution >= 4 is 17.0 Å². The predicted octanol–water partition coefficient (Wildman–Crippen LogP) is 2.89. The first-order chi connectivity index (χ1) is 13.5. The Balaban J connectivity index is 1.66. The normalized spacial score (nSPS) is 21.7. The van der Waals surface area contributed by atoms with Crippen molar-refractivity contribution in [2.45, 2.75) is 32.1 Å². The molecule has 1 aliphatic rings. The lowest BCUT2D eigenvalue weighted by Crippen LogP contribution is -2.48. The maximum Gasteiger partial charge on any atom is 0.182 e. The Morgan fingerprint density at radius 2 is 1.89 bits per heavy atom. The van der Waals surface area contributed by atoms with E-state index in [1.165, 1.54) is 30.9 Å². The SMILES string of the molecule is CC1CN(C(CNc2ncnc3nc[nH]c23)c2c(F)cccc2F)CC(C)O1. The lowest BCUT2D eigenvalue weighted by Gasteiger charge is -2.40. The second-order valence-corrected chi connectivity index (χ2v) is 7.07. The molecule has 2 aromatic heterocycles. The zero-order valence-electron chi connectivity index (χ0n) is 15.7. The second kappa shape index (κ2) is 7.76. The van der Waals surface area contributed by atoms with Gasteiger partial charge in [0.25, 0.3) is 0 Å². The minimum Gasteiger partial charge on any atom is -0.373 e. The number of fused-ring (bicyclic) bond motifs is 1. The van der Waals surface area contributed by atoms with E-state index in [1.54, 1.807) is 0 Å². The molecule has 0 spiro atoms. The molecular weight excluding hydrogens is 366 g/mol. The number of anilines is 1. The third-order valence-corrected chi connectivity index (χ3v) is 4.91. The van der Waals surface area contributed by atoms with Gasteiger partial charge in [-0.15, -0.1) is 0 Å². The number of aromatic amines is 1. The Kier molecular flexibility index (Phi) is 5.19. The molecule has 3 atom stereocenters. The number of ether oxygens (including phenoxy) is 1. The van der Waals surface area contributed by atoms with Crippen LogP contribution in [0.25, 0.3) is 11.2 Å². The highest BCUT2D eigenvalue weighted by Crippen LogP contribution is 2.30. The van der Waals surface area contributed by atoms with Gasteiger partial charge >= 0.3 is 0 Å². The first-order valence-electron chi connectivity index (χ1n) is 9.24. The number of H-pyrrole nitrogens is 1. The Bertz CT molecular complexity index is 934. The maximum atomic E-state index is 14.6. The van der Waals surface area contributed by atoms with Gasteiger partial charge < -0.3 is 15.0 Å². The van der Waals surface area contributed by atoms with E-state index in [0.717, 1.165) is 0 Å². The molecule has 3 heterocycles. The first-order valence-corrected chi connectivity index (χ1v) is 9.24. The molecule has 0 amide bonds. The minimum absolute atomic E-state index is 0.0283. The Morgan fingerprint density at radius 3 is 2.61 bits per heavy atom. The van der Waals surface area contributed by atoms with Gasteiger partial charge in [-0.1, -0.05) is 6.07 Å². The van der Waals surface area contributed by atoms with Crippen LogP contribution in [-0.2, 0) is 4.74 Å². The van der Waals surface area contributed by atoms with Crippen molar-refractivity contribution in [3.63, 3.8) is 0 Å². The van der Waals surface area contributed by atoms with Crippen molar-refractivity contribution in [1.82, 2.24) is 24.8 Å². The van der Waals surface area contributed by atoms with Crippen LogP contribution in [0.4, 0.5) is 14.6 Å². The molecule has 2 N–H and O–H groups in total. The van der Waals surface area contributed by atoms with Crippen molar-refractivity contribution in [3.05, 3.63) is 48.1 Å². The number of benzene rings is 1. The first kappa shape index (κ1) is 18.7. The minimum atomic E-state index is -0.562. The van der Waals surface area contributed by atoms with Gasteiger partial charge in [-0.2, -0.15) is 0 Å². The number of morpholine rings is 1. The highest BCUT2D eigenvalue weighted by atomic mass is 19.1. The van der Waals surface area contributed by atoms with E-state index in [4.69, 9.17) is 4.74 Å². The molecule has 1 aliphatic heterocycles. The van der Waals surface area contributed by atoms with Gasteiger partial charge in [-0.25, -0.2) is 23.7 Å². The van der Waals surface area contributed by atoms with Crippen LogP contribution in [0.3, 0.4) is 0 Å². The van der Waals surface area contributed by atoms with Crippen molar-refractivity contribution in [1.29, 1.82) is 0 Å². The third-order valence-electron chi connectivity index (χ3n) is 4.91. The molecule has 7 nitrogen and oxygen atoms in total. The molecule has 0 radical (unpaired) electrons. The predicted molar refractivity (Wildman–Crippen MR) is 101 cm³/mol. The number of nitrogens with zero attached hydrogens (tertiary/aromatic N) is 4. The van der Waals surface area contributed by atoms with E-state index < -0.39 is 17.7 Å². The van der Waals surface area contributed by atoms with E-state index in [-0.39, 0.29) is 24.3 Å². The second-order valence-electron chi connectivity index (χ2n) is 7.07. The quantitative estimate of drug-likeness (QED) is 0.700. The van der Waals surface area contributed by atoms with Crippen molar-refractivity contribution in [3.8, 4) is 0 Å². The van der Waals surface area contributed by atoms with E-state index in [9.17, 15) is 8.78 Å². The zero-order valence-corrected chi connectivity index (χ0v) is 15.7. The van der Waals surface area contributed by atoms with Crippen LogP contribution >= 0.6 is 0 Å². The highest BCUT2D eigenvalue weighted by molar-refractivity contribution is 5.81. The Hall–Kier alpha value is -2.65. The number of imidazole rings is 1. The average molecular weight is 388 g/mol. The largest absolute Gasteiger partial charge is 0.373 e. The van der Waals surface area contributed by atoms with E-state index in [0.29, 0.717) is 30.1 Å². The highest BCUT2D eigenvalue weighted by Gasteiger charge is 2.32. The van der Waals surface area contributed by atoms with E-state index >= 15 is 0 Å². The molecular formula is C19H22F2N6O. The lowest BCUT2D eigenvalue weighted by atomic mass is 10.0. The molecule has 4 rings (SSSR count). The summed E-state index contributed by atoms with van der Waals surface area (Å²) in [4.78, 5) is 17.5. The monoisotopic (exact) mass is 388 g/mol. The van der Waals surface area contributed by atoms with Crippen molar-refractivity contribution < 1.29 is 13.5 Å². The maximum absolute atomic E-state index is 14.6. The van der Waals surface area contributed by atoms with Crippen LogP contribution in [0.1, 0.15) is 25.5 Å². The average Bonchev–Trinajstić information content (AvgIpc) is 3.12. The summed E-state index contributed by atoms with van der Waals surface area (Å²) in [5.41, 5.74) is 1.23. The summed E-state index contributed by atoms with van der Waals surface area (Å²) < 4.78 is 35.0. The van der Waals surface area contributed by atoms with Gasteiger partial charge in [0.05, 0.1) is 24.6 Å². The van der Waals surface area contributed by atoms with Crippen LogP contribution < -0.4 is 5.32 Å². The lowest BCUT2D eigenvalue weighted by molar-refractivity contribution is -0.0801. The summed E-state index contributed by atoms with van der Waals surface area (Å²) in [6, 6.07) is 3.43. The topological polar surface area (TPSA) is 79.0 Å².